The van der Waals surface area contributed by atoms with E-state index in [1.165, 1.54) is 61.6 Å². The summed E-state index contributed by atoms with van der Waals surface area (Å²) in [7, 11) is -3.19. The van der Waals surface area contributed by atoms with Gasteiger partial charge in [-0.1, -0.05) is 25.3 Å². The van der Waals surface area contributed by atoms with Gasteiger partial charge in [0.25, 0.3) is 5.92 Å². The van der Waals surface area contributed by atoms with Crippen LogP contribution in [0.25, 0.3) is 0 Å². The zero-order valence-electron chi connectivity index (χ0n) is 25.4. The van der Waals surface area contributed by atoms with Crippen LogP contribution in [0.5, 0.6) is 11.5 Å². The quantitative estimate of drug-likeness (QED) is 0.272. The molecule has 4 N–H and O–H groups in total. The molecule has 1 atom stereocenters. The molecule has 10 nitrogen and oxygen atoms in total. The number of piperidine rings is 1. The Morgan fingerprint density at radius 2 is 1.60 bits per heavy atom. The molecule has 0 spiro atoms. The number of rotatable bonds is 10. The van der Waals surface area contributed by atoms with Gasteiger partial charge >= 0.3 is 12.1 Å². The van der Waals surface area contributed by atoms with Gasteiger partial charge in [-0.15, -0.1) is 0 Å². The van der Waals surface area contributed by atoms with Crippen molar-refractivity contribution in [2.45, 2.75) is 74.0 Å². The number of sulfonamides is 1. The molecule has 1 saturated heterocycles. The summed E-state index contributed by atoms with van der Waals surface area (Å²) < 4.78 is 104. The van der Waals surface area contributed by atoms with E-state index in [1.54, 1.807) is 0 Å². The van der Waals surface area contributed by atoms with Crippen LogP contribution in [-0.4, -0.2) is 75.4 Å². The Balaban J connectivity index is 0.000000771. The number of hydrogen-bond acceptors (Lipinski definition) is 7. The van der Waals surface area contributed by atoms with Crippen molar-refractivity contribution in [1.82, 2.24) is 9.62 Å². The summed E-state index contributed by atoms with van der Waals surface area (Å²) in [4.78, 5) is 23.3. The molecule has 1 amide bonds. The molecule has 0 aromatic heterocycles. The van der Waals surface area contributed by atoms with Gasteiger partial charge in [0.1, 0.15) is 11.5 Å². The number of likely N-dealkylation sites (tertiary alicyclic amines) is 1. The number of ether oxygens (including phenoxy) is 2. The van der Waals surface area contributed by atoms with Gasteiger partial charge < -0.3 is 25.2 Å². The number of halogens is 6. The van der Waals surface area contributed by atoms with E-state index in [9.17, 15) is 26.4 Å². The predicted molar refractivity (Wildman–Crippen MR) is 165 cm³/mol. The fourth-order valence-corrected chi connectivity index (χ4v) is 6.72. The fraction of sp³-hybridized carbons (Fsp3) is 0.533. The predicted octanol–water partition coefficient (Wildman–Crippen LogP) is 5.44. The number of carbonyl (C=O) groups is 2. The minimum absolute atomic E-state index is 0.124. The Bertz CT molecular complexity index is 1470. The smallest absolute Gasteiger partial charge is 0.490 e. The van der Waals surface area contributed by atoms with E-state index in [0.717, 1.165) is 25.0 Å². The Kier molecular flexibility index (Phi) is 13.4. The lowest BCUT2D eigenvalue weighted by atomic mass is 9.90. The average Bonchev–Trinajstić information content (AvgIpc) is 3.03. The van der Waals surface area contributed by atoms with Gasteiger partial charge in [-0.05, 0) is 83.9 Å². The number of carbonyl (C=O) groups excluding carboxylic acids is 1. The molecule has 2 fully saturated rings. The van der Waals surface area contributed by atoms with E-state index in [1.807, 2.05) is 4.72 Å². The van der Waals surface area contributed by atoms with E-state index >= 15 is 8.78 Å². The normalized spacial score (nSPS) is 17.3. The Hall–Kier alpha value is -3.02. The molecule has 1 aliphatic heterocycles. The highest BCUT2D eigenvalue weighted by Gasteiger charge is 2.50. The molecule has 1 aliphatic carbocycles. The third kappa shape index (κ3) is 10.7. The lowest BCUT2D eigenvalue weighted by Crippen LogP contribution is -2.58. The minimum Gasteiger partial charge on any atom is -0.496 e. The van der Waals surface area contributed by atoms with Gasteiger partial charge in [-0.2, -0.15) is 26.7 Å². The SMILES string of the molecule is COc1cc(C(F)(F)[C@@H](NS(=O)(=O)c2ccc(OCC3CCCCC3)cc2)C(=O)N2CCC(N)CC2)ccc1Br.O=C(O)C(F)(F)F. The van der Waals surface area contributed by atoms with Gasteiger partial charge in [0.05, 0.1) is 23.1 Å². The van der Waals surface area contributed by atoms with Crippen LogP contribution in [0.3, 0.4) is 0 Å². The van der Waals surface area contributed by atoms with Gasteiger partial charge in [-0.25, -0.2) is 13.2 Å². The van der Waals surface area contributed by atoms with E-state index in [2.05, 4.69) is 15.9 Å². The molecule has 0 unspecified atom stereocenters. The second kappa shape index (κ2) is 16.4. The molecule has 2 aromatic carbocycles. The summed E-state index contributed by atoms with van der Waals surface area (Å²) in [6, 6.07) is 6.63. The molecule has 2 aliphatic rings. The van der Waals surface area contributed by atoms with E-state index in [-0.39, 0.29) is 29.8 Å². The highest BCUT2D eigenvalue weighted by molar-refractivity contribution is 9.10. The van der Waals surface area contributed by atoms with Crippen LogP contribution in [0, 0.1) is 5.92 Å². The molecule has 262 valence electrons. The molecule has 17 heteroatoms. The van der Waals surface area contributed by atoms with Crippen molar-refractivity contribution in [1.29, 1.82) is 0 Å². The lowest BCUT2D eigenvalue weighted by molar-refractivity contribution is -0.192. The molecule has 2 aromatic rings. The molecule has 0 radical (unpaired) electrons. The summed E-state index contributed by atoms with van der Waals surface area (Å²) in [5.74, 6) is -6.59. The van der Waals surface area contributed by atoms with Crippen molar-refractivity contribution in [3.8, 4) is 11.5 Å². The number of alkyl halides is 5. The number of methoxy groups -OCH3 is 1. The number of hydrogen-bond donors (Lipinski definition) is 3. The van der Waals surface area contributed by atoms with Gasteiger partial charge in [0.2, 0.25) is 15.9 Å². The van der Waals surface area contributed by atoms with Gasteiger partial charge in [0, 0.05) is 24.7 Å². The number of carboxylic acids is 1. The monoisotopic (exact) mass is 757 g/mol. The first-order valence-corrected chi connectivity index (χ1v) is 17.0. The second-order valence-electron chi connectivity index (χ2n) is 11.3. The van der Waals surface area contributed by atoms with E-state index in [0.29, 0.717) is 35.6 Å². The first-order chi connectivity index (χ1) is 22.0. The highest BCUT2D eigenvalue weighted by Crippen LogP contribution is 2.38. The number of carboxylic acid groups (broad SMARTS) is 1. The topological polar surface area (TPSA) is 148 Å². The molecular weight excluding hydrogens is 721 g/mol. The van der Waals surface area contributed by atoms with Crippen molar-refractivity contribution in [3.05, 3.63) is 52.5 Å². The van der Waals surface area contributed by atoms with Crippen LogP contribution in [0.1, 0.15) is 50.5 Å². The summed E-state index contributed by atoms with van der Waals surface area (Å²) in [5, 5.41) is 7.12. The molecule has 1 heterocycles. The maximum absolute atomic E-state index is 16.0. The number of nitrogens with two attached hydrogens (primary N) is 1. The Morgan fingerprint density at radius 3 is 2.13 bits per heavy atom. The molecular formula is C30H37BrF5N3O7S. The van der Waals surface area contributed by atoms with Crippen molar-refractivity contribution in [2.75, 3.05) is 26.8 Å². The number of nitrogens with zero attached hydrogens (tertiary/aromatic N) is 1. The maximum atomic E-state index is 16.0. The third-order valence-electron chi connectivity index (χ3n) is 7.86. The van der Waals surface area contributed by atoms with Crippen molar-refractivity contribution >= 4 is 37.8 Å². The zero-order chi connectivity index (χ0) is 35.0. The van der Waals surface area contributed by atoms with Crippen LogP contribution in [-0.2, 0) is 25.5 Å². The lowest BCUT2D eigenvalue weighted by Gasteiger charge is -2.35. The third-order valence-corrected chi connectivity index (χ3v) is 9.95. The van der Waals surface area contributed by atoms with Crippen LogP contribution in [0.4, 0.5) is 22.0 Å². The van der Waals surface area contributed by atoms with Crippen LogP contribution < -0.4 is 19.9 Å². The number of aliphatic carboxylic acids is 1. The fourth-order valence-electron chi connectivity index (χ4n) is 5.12. The Labute approximate surface area is 278 Å². The standard InChI is InChI=1S/C28H36BrF2N3O5S.C2HF3O2/c1-38-25-17-20(7-12-24(25)29)28(30,31)26(27(35)34-15-13-21(32)14-16-34)33-40(36,37)23-10-8-22(9-11-23)39-18-19-5-3-2-4-6-19;3-2(4,5)1(6)7/h7-12,17,19,21,26,33H,2-6,13-16,18,32H2,1H3;(H,6,7)/t26-;/m0./s1. The van der Waals surface area contributed by atoms with E-state index < -0.39 is 45.6 Å². The van der Waals surface area contributed by atoms with Crippen LogP contribution >= 0.6 is 15.9 Å². The molecule has 1 saturated carbocycles. The Morgan fingerprint density at radius 1 is 1.02 bits per heavy atom. The second-order valence-corrected chi connectivity index (χ2v) is 13.8. The number of benzene rings is 2. The number of amides is 1. The molecule has 4 rings (SSSR count). The van der Waals surface area contributed by atoms with Crippen molar-refractivity contribution in [3.63, 3.8) is 0 Å². The summed E-state index contributed by atoms with van der Waals surface area (Å²) >= 11 is 3.23. The zero-order valence-corrected chi connectivity index (χ0v) is 27.8. The maximum Gasteiger partial charge on any atom is 0.490 e. The van der Waals surface area contributed by atoms with Crippen molar-refractivity contribution < 1.29 is 54.5 Å². The first-order valence-electron chi connectivity index (χ1n) is 14.8. The first kappa shape index (κ1) is 38.4. The van der Waals surface area contributed by atoms with Crippen molar-refractivity contribution in [2.24, 2.45) is 11.7 Å². The van der Waals surface area contributed by atoms with Gasteiger partial charge in [-0.3, -0.25) is 4.79 Å². The number of nitrogens with one attached hydrogen (secondary N) is 1. The summed E-state index contributed by atoms with van der Waals surface area (Å²) in [6.45, 7) is 0.860. The van der Waals surface area contributed by atoms with Crippen LogP contribution in [0.15, 0.2) is 51.8 Å². The van der Waals surface area contributed by atoms with Gasteiger partial charge in [0.15, 0.2) is 6.04 Å². The highest BCUT2D eigenvalue weighted by atomic mass is 79.9. The van der Waals surface area contributed by atoms with E-state index in [4.69, 9.17) is 25.1 Å². The summed E-state index contributed by atoms with van der Waals surface area (Å²) in [5.41, 5.74) is 5.36. The largest absolute Gasteiger partial charge is 0.496 e. The molecule has 0 bridgehead atoms. The van der Waals surface area contributed by atoms with Crippen LogP contribution in [0.2, 0.25) is 0 Å². The molecule has 47 heavy (non-hydrogen) atoms. The average molecular weight is 759 g/mol. The minimum atomic E-state index is -5.08. The summed E-state index contributed by atoms with van der Waals surface area (Å²) in [6.07, 6.45) is 1.59.